The summed E-state index contributed by atoms with van der Waals surface area (Å²) in [6.45, 7) is 5.44. The zero-order chi connectivity index (χ0) is 12.4. The van der Waals surface area contributed by atoms with E-state index in [0.29, 0.717) is 18.1 Å². The highest BCUT2D eigenvalue weighted by atomic mass is 16.5. The molecule has 2 unspecified atom stereocenters. The third-order valence-corrected chi connectivity index (χ3v) is 4.78. The number of rotatable bonds is 6. The molecule has 0 aromatic rings. The summed E-state index contributed by atoms with van der Waals surface area (Å²) in [6.07, 6.45) is 6.25. The smallest absolute Gasteiger partial charge is 0.0586 e. The van der Waals surface area contributed by atoms with Crippen molar-refractivity contribution < 1.29 is 9.84 Å². The molecule has 0 spiro atoms. The Morgan fingerprint density at radius 3 is 2.89 bits per heavy atom. The van der Waals surface area contributed by atoms with Gasteiger partial charge in [-0.1, -0.05) is 0 Å². The summed E-state index contributed by atoms with van der Waals surface area (Å²) < 4.78 is 5.66. The molecule has 0 amide bonds. The van der Waals surface area contributed by atoms with Gasteiger partial charge >= 0.3 is 0 Å². The van der Waals surface area contributed by atoms with Gasteiger partial charge in [-0.25, -0.2) is 0 Å². The maximum Gasteiger partial charge on any atom is 0.0586 e. The maximum absolute atomic E-state index is 9.43. The molecule has 2 saturated heterocycles. The maximum atomic E-state index is 9.43. The van der Waals surface area contributed by atoms with Gasteiger partial charge in [-0.15, -0.1) is 0 Å². The van der Waals surface area contributed by atoms with Crippen LogP contribution in [0.5, 0.6) is 0 Å². The Morgan fingerprint density at radius 2 is 2.22 bits per heavy atom. The number of nitrogens with one attached hydrogen (secondary N) is 1. The molecule has 1 aliphatic carbocycles. The van der Waals surface area contributed by atoms with Crippen LogP contribution in [0.1, 0.15) is 32.1 Å². The van der Waals surface area contributed by atoms with Crippen LogP contribution < -0.4 is 5.32 Å². The number of aliphatic hydroxyl groups excluding tert-OH is 1. The highest BCUT2D eigenvalue weighted by molar-refractivity contribution is 4.94. The third kappa shape index (κ3) is 2.87. The molecule has 2 atom stereocenters. The number of hydrogen-bond acceptors (Lipinski definition) is 4. The summed E-state index contributed by atoms with van der Waals surface area (Å²) in [5.74, 6) is 0. The van der Waals surface area contributed by atoms with Crippen LogP contribution in [0.15, 0.2) is 0 Å². The largest absolute Gasteiger partial charge is 0.395 e. The molecule has 1 saturated carbocycles. The average molecular weight is 254 g/mol. The standard InChI is InChI=1S/C14H26N2O2/c17-8-13-2-1-6-16(13)10-14(5-7-18-11-14)9-15-12-3-4-12/h12-13,15,17H,1-11H2. The molecule has 2 N–H and O–H groups in total. The van der Waals surface area contributed by atoms with Gasteiger partial charge < -0.3 is 15.2 Å². The van der Waals surface area contributed by atoms with E-state index in [9.17, 15) is 5.11 Å². The van der Waals surface area contributed by atoms with Gasteiger partial charge in [0, 0.05) is 37.2 Å². The van der Waals surface area contributed by atoms with Gasteiger partial charge in [0.05, 0.1) is 13.2 Å². The lowest BCUT2D eigenvalue weighted by Gasteiger charge is -2.35. The van der Waals surface area contributed by atoms with E-state index in [4.69, 9.17) is 4.74 Å². The summed E-state index contributed by atoms with van der Waals surface area (Å²) in [4.78, 5) is 2.49. The zero-order valence-electron chi connectivity index (χ0n) is 11.2. The van der Waals surface area contributed by atoms with Crippen molar-refractivity contribution in [2.24, 2.45) is 5.41 Å². The van der Waals surface area contributed by atoms with Crippen LogP contribution in [0.2, 0.25) is 0 Å². The molecule has 3 aliphatic rings. The minimum absolute atomic E-state index is 0.292. The lowest BCUT2D eigenvalue weighted by molar-refractivity contribution is 0.0829. The highest BCUT2D eigenvalue weighted by Gasteiger charge is 2.40. The summed E-state index contributed by atoms with van der Waals surface area (Å²) in [6, 6.07) is 1.16. The lowest BCUT2D eigenvalue weighted by Crippen LogP contribution is -2.47. The fraction of sp³-hybridized carbons (Fsp3) is 1.00. The number of aliphatic hydroxyl groups is 1. The fourth-order valence-corrected chi connectivity index (χ4v) is 3.36. The Kier molecular flexibility index (Phi) is 3.89. The highest BCUT2D eigenvalue weighted by Crippen LogP contribution is 2.33. The Hall–Kier alpha value is -0.160. The van der Waals surface area contributed by atoms with E-state index in [2.05, 4.69) is 10.2 Å². The average Bonchev–Trinajstić information content (AvgIpc) is 2.93. The van der Waals surface area contributed by atoms with Crippen LogP contribution >= 0.6 is 0 Å². The SMILES string of the molecule is OCC1CCCN1CC1(CNC2CC2)CCOC1. The quantitative estimate of drug-likeness (QED) is 0.729. The number of ether oxygens (including phenoxy) is 1. The monoisotopic (exact) mass is 254 g/mol. The molecule has 104 valence electrons. The molecule has 0 aromatic heterocycles. The molecule has 0 radical (unpaired) electrons. The minimum Gasteiger partial charge on any atom is -0.395 e. The number of hydrogen-bond donors (Lipinski definition) is 2. The van der Waals surface area contributed by atoms with E-state index < -0.39 is 0 Å². The van der Waals surface area contributed by atoms with E-state index >= 15 is 0 Å². The molecule has 0 bridgehead atoms. The van der Waals surface area contributed by atoms with Gasteiger partial charge in [0.15, 0.2) is 0 Å². The van der Waals surface area contributed by atoms with Crippen LogP contribution in [0.4, 0.5) is 0 Å². The Balaban J connectivity index is 1.58. The first-order valence-corrected chi connectivity index (χ1v) is 7.47. The molecule has 3 rings (SSSR count). The van der Waals surface area contributed by atoms with Gasteiger partial charge in [0.1, 0.15) is 0 Å². The van der Waals surface area contributed by atoms with E-state index in [1.807, 2.05) is 0 Å². The molecule has 0 aromatic carbocycles. The van der Waals surface area contributed by atoms with E-state index in [0.717, 1.165) is 45.3 Å². The van der Waals surface area contributed by atoms with Crippen molar-refractivity contribution in [2.45, 2.75) is 44.2 Å². The van der Waals surface area contributed by atoms with E-state index in [-0.39, 0.29) is 0 Å². The zero-order valence-corrected chi connectivity index (χ0v) is 11.2. The minimum atomic E-state index is 0.292. The second kappa shape index (κ2) is 5.45. The molecule has 4 heteroatoms. The second-order valence-corrected chi connectivity index (χ2v) is 6.41. The first-order valence-electron chi connectivity index (χ1n) is 7.47. The van der Waals surface area contributed by atoms with E-state index in [1.165, 1.54) is 25.7 Å². The molecule has 2 aliphatic heterocycles. The van der Waals surface area contributed by atoms with Crippen LogP contribution in [0, 0.1) is 5.41 Å². The number of nitrogens with zero attached hydrogens (tertiary/aromatic N) is 1. The number of likely N-dealkylation sites (tertiary alicyclic amines) is 1. The van der Waals surface area contributed by atoms with Crippen LogP contribution in [-0.4, -0.2) is 61.5 Å². The molecular formula is C14H26N2O2. The van der Waals surface area contributed by atoms with Crippen LogP contribution in [-0.2, 0) is 4.74 Å². The van der Waals surface area contributed by atoms with Crippen molar-refractivity contribution in [3.05, 3.63) is 0 Å². The Labute approximate surface area is 110 Å². The third-order valence-electron chi connectivity index (χ3n) is 4.78. The van der Waals surface area contributed by atoms with E-state index in [1.54, 1.807) is 0 Å². The van der Waals surface area contributed by atoms with Crippen molar-refractivity contribution in [3.63, 3.8) is 0 Å². The Morgan fingerprint density at radius 1 is 1.33 bits per heavy atom. The molecule has 2 heterocycles. The van der Waals surface area contributed by atoms with Gasteiger partial charge in [-0.2, -0.15) is 0 Å². The molecule has 3 fully saturated rings. The topological polar surface area (TPSA) is 44.7 Å². The first kappa shape index (κ1) is 12.9. The van der Waals surface area contributed by atoms with Crippen molar-refractivity contribution in [2.75, 3.05) is 39.5 Å². The van der Waals surface area contributed by atoms with Crippen molar-refractivity contribution in [3.8, 4) is 0 Å². The summed E-state index contributed by atoms with van der Waals surface area (Å²) >= 11 is 0. The van der Waals surface area contributed by atoms with Gasteiger partial charge in [0.2, 0.25) is 0 Å². The lowest BCUT2D eigenvalue weighted by atomic mass is 9.86. The second-order valence-electron chi connectivity index (χ2n) is 6.41. The summed E-state index contributed by atoms with van der Waals surface area (Å²) in [7, 11) is 0. The summed E-state index contributed by atoms with van der Waals surface area (Å²) in [5.41, 5.74) is 0.292. The van der Waals surface area contributed by atoms with Crippen molar-refractivity contribution in [1.82, 2.24) is 10.2 Å². The van der Waals surface area contributed by atoms with Gasteiger partial charge in [0.25, 0.3) is 0 Å². The molecule has 4 nitrogen and oxygen atoms in total. The van der Waals surface area contributed by atoms with Gasteiger partial charge in [-0.05, 0) is 38.6 Å². The molecule has 18 heavy (non-hydrogen) atoms. The predicted octanol–water partition coefficient (Wildman–Crippen LogP) is 0.602. The normalized spacial score (nSPS) is 37.5. The van der Waals surface area contributed by atoms with Gasteiger partial charge in [-0.3, -0.25) is 4.90 Å². The summed E-state index contributed by atoms with van der Waals surface area (Å²) in [5, 5.41) is 13.1. The Bertz CT molecular complexity index is 275. The van der Waals surface area contributed by atoms with Crippen LogP contribution in [0.25, 0.3) is 0 Å². The molecular weight excluding hydrogens is 228 g/mol. The predicted molar refractivity (Wildman–Crippen MR) is 70.6 cm³/mol. The van der Waals surface area contributed by atoms with Crippen LogP contribution in [0.3, 0.4) is 0 Å². The van der Waals surface area contributed by atoms with Crippen molar-refractivity contribution in [1.29, 1.82) is 0 Å². The first-order chi connectivity index (χ1) is 8.81. The fourth-order valence-electron chi connectivity index (χ4n) is 3.36. The van der Waals surface area contributed by atoms with Crippen molar-refractivity contribution >= 4 is 0 Å².